The Morgan fingerprint density at radius 1 is 1.11 bits per heavy atom. The second kappa shape index (κ2) is 7.05. The van der Waals surface area contributed by atoms with Gasteiger partial charge >= 0.3 is 0 Å². The van der Waals surface area contributed by atoms with Crippen LogP contribution >= 0.6 is 11.6 Å². The zero-order valence-electron chi connectivity index (χ0n) is 14.4. The van der Waals surface area contributed by atoms with Gasteiger partial charge in [-0.2, -0.15) is 0 Å². The predicted octanol–water partition coefficient (Wildman–Crippen LogP) is 3.67. The van der Waals surface area contributed by atoms with Crippen LogP contribution in [0.2, 0.25) is 5.02 Å². The molecule has 2 aromatic heterocycles. The van der Waals surface area contributed by atoms with Crippen LogP contribution in [0.3, 0.4) is 0 Å². The van der Waals surface area contributed by atoms with Crippen molar-refractivity contribution in [1.29, 1.82) is 0 Å². The van der Waals surface area contributed by atoms with E-state index in [-0.39, 0.29) is 5.82 Å². The highest BCUT2D eigenvalue weighted by Gasteiger charge is 2.17. The van der Waals surface area contributed by atoms with Crippen LogP contribution in [0.15, 0.2) is 67.3 Å². The van der Waals surface area contributed by atoms with Crippen molar-refractivity contribution in [3.63, 3.8) is 0 Å². The molecule has 0 bridgehead atoms. The number of halogens is 1. The Hall–Kier alpha value is -3.45. The van der Waals surface area contributed by atoms with E-state index in [9.17, 15) is 4.79 Å². The number of carbonyl (C=O) groups is 1. The van der Waals surface area contributed by atoms with E-state index in [0.717, 1.165) is 11.4 Å². The summed E-state index contributed by atoms with van der Waals surface area (Å²) in [4.78, 5) is 21.0. The topological polar surface area (TPSA) is 77.6 Å². The van der Waals surface area contributed by atoms with E-state index in [0.29, 0.717) is 16.5 Å². The SMILES string of the molecule is Cc1nc(C(=O)Nc2ccccc2-n2ccnc2)nn1-c1ccc(Cl)cc1. The lowest BCUT2D eigenvalue weighted by molar-refractivity contribution is 0.101. The van der Waals surface area contributed by atoms with Crippen LogP contribution in [0.5, 0.6) is 0 Å². The highest BCUT2D eigenvalue weighted by atomic mass is 35.5. The fourth-order valence-corrected chi connectivity index (χ4v) is 2.82. The van der Waals surface area contributed by atoms with Crippen molar-refractivity contribution in [2.45, 2.75) is 6.92 Å². The summed E-state index contributed by atoms with van der Waals surface area (Å²) in [6.07, 6.45) is 5.16. The van der Waals surface area contributed by atoms with E-state index in [2.05, 4.69) is 20.4 Å². The summed E-state index contributed by atoms with van der Waals surface area (Å²) in [5, 5.41) is 7.83. The van der Waals surface area contributed by atoms with Gasteiger partial charge in [0.1, 0.15) is 5.82 Å². The van der Waals surface area contributed by atoms with Gasteiger partial charge in [-0.3, -0.25) is 4.79 Å². The molecule has 1 amide bonds. The Kier molecular flexibility index (Phi) is 4.43. The second-order valence-corrected chi connectivity index (χ2v) is 6.25. The molecule has 0 saturated heterocycles. The minimum Gasteiger partial charge on any atom is -0.317 e. The van der Waals surface area contributed by atoms with Crippen molar-refractivity contribution in [1.82, 2.24) is 24.3 Å². The van der Waals surface area contributed by atoms with Gasteiger partial charge in [0, 0.05) is 17.4 Å². The van der Waals surface area contributed by atoms with Gasteiger partial charge in [-0.05, 0) is 43.3 Å². The van der Waals surface area contributed by atoms with Gasteiger partial charge in [-0.15, -0.1) is 5.10 Å². The van der Waals surface area contributed by atoms with Crippen LogP contribution in [0.25, 0.3) is 11.4 Å². The molecule has 0 fully saturated rings. The van der Waals surface area contributed by atoms with Crippen molar-refractivity contribution in [2.24, 2.45) is 0 Å². The number of benzene rings is 2. The molecule has 2 heterocycles. The lowest BCUT2D eigenvalue weighted by Crippen LogP contribution is -2.15. The first-order chi connectivity index (χ1) is 13.1. The molecule has 8 heteroatoms. The Balaban J connectivity index is 1.62. The highest BCUT2D eigenvalue weighted by molar-refractivity contribution is 6.30. The number of aromatic nitrogens is 5. The highest BCUT2D eigenvalue weighted by Crippen LogP contribution is 2.20. The summed E-state index contributed by atoms with van der Waals surface area (Å²) in [5.41, 5.74) is 2.22. The van der Waals surface area contributed by atoms with Gasteiger partial charge in [-0.25, -0.2) is 14.6 Å². The standard InChI is InChI=1S/C19H15ClN6O/c1-13-22-18(24-26(13)15-8-6-14(20)7-9-15)19(27)23-16-4-2-3-5-17(16)25-11-10-21-12-25/h2-12H,1H3,(H,23,27). The number of hydrogen-bond donors (Lipinski definition) is 1. The summed E-state index contributed by atoms with van der Waals surface area (Å²) in [6, 6.07) is 14.6. The van der Waals surface area contributed by atoms with Crippen LogP contribution in [0.1, 0.15) is 16.4 Å². The molecule has 7 nitrogen and oxygen atoms in total. The number of anilines is 1. The fourth-order valence-electron chi connectivity index (χ4n) is 2.70. The monoisotopic (exact) mass is 378 g/mol. The average Bonchev–Trinajstić information content (AvgIpc) is 3.33. The predicted molar refractivity (Wildman–Crippen MR) is 103 cm³/mol. The van der Waals surface area contributed by atoms with Crippen LogP contribution in [-0.4, -0.2) is 30.2 Å². The maximum absolute atomic E-state index is 12.7. The van der Waals surface area contributed by atoms with E-state index in [4.69, 9.17) is 11.6 Å². The molecule has 0 aliphatic heterocycles. The largest absolute Gasteiger partial charge is 0.317 e. The van der Waals surface area contributed by atoms with Crippen molar-refractivity contribution in [2.75, 3.05) is 5.32 Å². The molecule has 0 saturated carbocycles. The van der Waals surface area contributed by atoms with Gasteiger partial charge in [0.15, 0.2) is 0 Å². The summed E-state index contributed by atoms with van der Waals surface area (Å²) < 4.78 is 3.42. The lowest BCUT2D eigenvalue weighted by Gasteiger charge is -2.10. The van der Waals surface area contributed by atoms with Gasteiger partial charge in [0.05, 0.1) is 23.4 Å². The molecule has 134 valence electrons. The smallest absolute Gasteiger partial charge is 0.295 e. The van der Waals surface area contributed by atoms with Gasteiger partial charge in [0.25, 0.3) is 5.91 Å². The number of imidazole rings is 1. The molecule has 0 aliphatic rings. The number of nitrogens with one attached hydrogen (secondary N) is 1. The van der Waals surface area contributed by atoms with Gasteiger partial charge in [0.2, 0.25) is 5.82 Å². The van der Waals surface area contributed by atoms with Gasteiger partial charge in [-0.1, -0.05) is 23.7 Å². The first kappa shape index (κ1) is 17.0. The molecule has 0 atom stereocenters. The minimum absolute atomic E-state index is 0.0860. The molecule has 0 unspecified atom stereocenters. The molecule has 4 rings (SSSR count). The molecule has 1 N–H and O–H groups in total. The fraction of sp³-hybridized carbons (Fsp3) is 0.0526. The third kappa shape index (κ3) is 3.45. The molecular weight excluding hydrogens is 364 g/mol. The first-order valence-electron chi connectivity index (χ1n) is 8.20. The summed E-state index contributed by atoms with van der Waals surface area (Å²) in [7, 11) is 0. The van der Waals surface area contributed by atoms with Crippen LogP contribution in [0.4, 0.5) is 5.69 Å². The third-order valence-corrected chi connectivity index (χ3v) is 4.23. The van der Waals surface area contributed by atoms with Gasteiger partial charge < -0.3 is 9.88 Å². The van der Waals surface area contributed by atoms with E-state index in [1.807, 2.05) is 47.2 Å². The quantitative estimate of drug-likeness (QED) is 0.587. The van der Waals surface area contributed by atoms with E-state index < -0.39 is 5.91 Å². The Bertz CT molecular complexity index is 1090. The third-order valence-electron chi connectivity index (χ3n) is 3.98. The summed E-state index contributed by atoms with van der Waals surface area (Å²) in [6.45, 7) is 1.79. The molecule has 27 heavy (non-hydrogen) atoms. The normalized spacial score (nSPS) is 10.7. The second-order valence-electron chi connectivity index (χ2n) is 5.81. The average molecular weight is 379 g/mol. The number of rotatable bonds is 4. The van der Waals surface area contributed by atoms with Crippen molar-refractivity contribution < 1.29 is 4.79 Å². The molecule has 0 spiro atoms. The zero-order chi connectivity index (χ0) is 18.8. The van der Waals surface area contributed by atoms with Crippen molar-refractivity contribution in [3.05, 3.63) is 83.9 Å². The number of nitrogens with zero attached hydrogens (tertiary/aromatic N) is 5. The van der Waals surface area contributed by atoms with E-state index >= 15 is 0 Å². The van der Waals surface area contributed by atoms with Crippen LogP contribution in [0, 0.1) is 6.92 Å². The molecular formula is C19H15ClN6O. The number of carbonyl (C=O) groups excluding carboxylic acids is 1. The maximum Gasteiger partial charge on any atom is 0.295 e. The minimum atomic E-state index is -0.390. The first-order valence-corrected chi connectivity index (χ1v) is 8.58. The maximum atomic E-state index is 12.7. The van der Waals surface area contributed by atoms with E-state index in [1.54, 1.807) is 36.3 Å². The van der Waals surface area contributed by atoms with Crippen molar-refractivity contribution in [3.8, 4) is 11.4 Å². The number of hydrogen-bond acceptors (Lipinski definition) is 4. The zero-order valence-corrected chi connectivity index (χ0v) is 15.1. The molecule has 0 aliphatic carbocycles. The Morgan fingerprint density at radius 2 is 1.89 bits per heavy atom. The molecule has 0 radical (unpaired) electrons. The van der Waals surface area contributed by atoms with Crippen LogP contribution < -0.4 is 5.32 Å². The lowest BCUT2D eigenvalue weighted by atomic mass is 10.2. The Morgan fingerprint density at radius 3 is 2.63 bits per heavy atom. The molecule has 2 aromatic carbocycles. The van der Waals surface area contributed by atoms with Crippen LogP contribution in [-0.2, 0) is 0 Å². The van der Waals surface area contributed by atoms with E-state index in [1.165, 1.54) is 0 Å². The summed E-state index contributed by atoms with van der Waals surface area (Å²) in [5.74, 6) is 0.298. The van der Waals surface area contributed by atoms with Crippen molar-refractivity contribution >= 4 is 23.2 Å². The number of para-hydroxylation sites is 2. The molecule has 4 aromatic rings. The number of aryl methyl sites for hydroxylation is 1. The summed E-state index contributed by atoms with van der Waals surface area (Å²) >= 11 is 5.93. The number of amides is 1. The Labute approximate surface area is 160 Å².